The Balaban J connectivity index is 1.74. The van der Waals surface area contributed by atoms with Gasteiger partial charge in [0.1, 0.15) is 6.04 Å². The van der Waals surface area contributed by atoms with E-state index in [2.05, 4.69) is 15.2 Å². The molecule has 0 saturated heterocycles. The van der Waals surface area contributed by atoms with Gasteiger partial charge in [0.2, 0.25) is 5.91 Å². The van der Waals surface area contributed by atoms with Crippen LogP contribution in [0.15, 0.2) is 36.4 Å². The van der Waals surface area contributed by atoms with Crippen LogP contribution in [0.2, 0.25) is 0 Å². The van der Waals surface area contributed by atoms with Crippen LogP contribution in [0.5, 0.6) is 0 Å². The van der Waals surface area contributed by atoms with Crippen LogP contribution in [0.25, 0.3) is 5.69 Å². The number of nitrogens with one attached hydrogen (secondary N) is 2. The summed E-state index contributed by atoms with van der Waals surface area (Å²) in [5.74, 6) is -2.21. The average Bonchev–Trinajstić information content (AvgIpc) is 3.36. The van der Waals surface area contributed by atoms with Gasteiger partial charge in [0.05, 0.1) is 5.92 Å². The van der Waals surface area contributed by atoms with Crippen molar-refractivity contribution in [2.24, 2.45) is 11.7 Å². The van der Waals surface area contributed by atoms with Crippen molar-refractivity contribution >= 4 is 17.8 Å². The molecule has 0 unspecified atom stereocenters. The van der Waals surface area contributed by atoms with Gasteiger partial charge < -0.3 is 26.0 Å². The number of nitrogens with zero attached hydrogens (tertiary/aromatic N) is 1. The van der Waals surface area contributed by atoms with Gasteiger partial charge in [0, 0.05) is 28.7 Å². The second-order valence-corrected chi connectivity index (χ2v) is 8.45. The maximum atomic E-state index is 13.0. The zero-order valence-corrected chi connectivity index (χ0v) is 18.6. The zero-order valence-electron chi connectivity index (χ0n) is 18.6. The summed E-state index contributed by atoms with van der Waals surface area (Å²) in [6, 6.07) is 10.1. The summed E-state index contributed by atoms with van der Waals surface area (Å²) in [4.78, 5) is 37.4. The number of benzene rings is 1. The van der Waals surface area contributed by atoms with E-state index in [1.807, 2.05) is 38.1 Å². The fraction of sp³-hybridized carbons (Fsp3) is 0.458. The first kappa shape index (κ1) is 23.5. The summed E-state index contributed by atoms with van der Waals surface area (Å²) in [7, 11) is 0. The van der Waals surface area contributed by atoms with Crippen LogP contribution in [0, 0.1) is 19.8 Å². The number of aromatic nitrogens is 1. The largest absolute Gasteiger partial charge is 0.481 e. The molecule has 32 heavy (non-hydrogen) atoms. The van der Waals surface area contributed by atoms with Crippen molar-refractivity contribution in [2.75, 3.05) is 6.54 Å². The normalized spacial score (nSPS) is 18.8. The molecule has 3 rings (SSSR count). The van der Waals surface area contributed by atoms with Gasteiger partial charge in [-0.1, -0.05) is 12.5 Å². The number of hydrogen-bond donors (Lipinski definition) is 4. The Morgan fingerprint density at radius 3 is 2.53 bits per heavy atom. The molecule has 8 heteroatoms. The predicted molar refractivity (Wildman–Crippen MR) is 122 cm³/mol. The molecule has 0 bridgehead atoms. The first-order valence-corrected chi connectivity index (χ1v) is 11.1. The molecule has 5 N–H and O–H groups in total. The maximum Gasteiger partial charge on any atom is 0.308 e. The number of nitrogens with two attached hydrogens (primary N) is 1. The molecule has 8 nitrogen and oxygen atoms in total. The molecule has 1 aromatic carbocycles. The summed E-state index contributed by atoms with van der Waals surface area (Å²) >= 11 is 0. The zero-order chi connectivity index (χ0) is 23.3. The molecule has 1 fully saturated rings. The molecule has 172 valence electrons. The SMILES string of the molecule is Cc1ccc(C)n1-c1cccc(C(=O)N[C@@H](CCCN)C(=O)N[C@H]2CCC[C@H]2C(=O)O)c1. The van der Waals surface area contributed by atoms with Gasteiger partial charge >= 0.3 is 5.97 Å². The number of aliphatic carboxylic acids is 1. The fourth-order valence-corrected chi connectivity index (χ4v) is 4.41. The van der Waals surface area contributed by atoms with Crippen LogP contribution >= 0.6 is 0 Å². The van der Waals surface area contributed by atoms with Crippen molar-refractivity contribution < 1.29 is 19.5 Å². The summed E-state index contributed by atoms with van der Waals surface area (Å²) in [5.41, 5.74) is 9.06. The first-order chi connectivity index (χ1) is 15.3. The van der Waals surface area contributed by atoms with Crippen molar-refractivity contribution in [3.8, 4) is 5.69 Å². The smallest absolute Gasteiger partial charge is 0.308 e. The monoisotopic (exact) mass is 440 g/mol. The molecule has 0 spiro atoms. The van der Waals surface area contributed by atoms with Crippen molar-refractivity contribution in [1.82, 2.24) is 15.2 Å². The summed E-state index contributed by atoms with van der Waals surface area (Å²) in [6.07, 6.45) is 2.87. The maximum absolute atomic E-state index is 13.0. The summed E-state index contributed by atoms with van der Waals surface area (Å²) in [5, 5.41) is 15.0. The number of aryl methyl sites for hydroxylation is 2. The molecular weight excluding hydrogens is 408 g/mol. The third-order valence-corrected chi connectivity index (χ3v) is 6.12. The lowest BCUT2D eigenvalue weighted by Crippen LogP contribution is -2.51. The lowest BCUT2D eigenvalue weighted by molar-refractivity contribution is -0.142. The third-order valence-electron chi connectivity index (χ3n) is 6.12. The van der Waals surface area contributed by atoms with E-state index in [4.69, 9.17) is 5.73 Å². The summed E-state index contributed by atoms with van der Waals surface area (Å²) in [6.45, 7) is 4.39. The van der Waals surface area contributed by atoms with Crippen molar-refractivity contribution in [2.45, 2.75) is 58.0 Å². The Labute approximate surface area is 188 Å². The third kappa shape index (κ3) is 5.37. The van der Waals surface area contributed by atoms with Crippen LogP contribution in [0.3, 0.4) is 0 Å². The number of carboxylic acids is 1. The Bertz CT molecular complexity index is 965. The van der Waals surface area contributed by atoms with Crippen molar-refractivity contribution in [3.63, 3.8) is 0 Å². The molecule has 2 aromatic rings. The van der Waals surface area contributed by atoms with Crippen LogP contribution in [-0.4, -0.2) is 46.1 Å². The van der Waals surface area contributed by atoms with Crippen molar-refractivity contribution in [3.05, 3.63) is 53.3 Å². The highest BCUT2D eigenvalue weighted by Crippen LogP contribution is 2.26. The van der Waals surface area contributed by atoms with Gasteiger partial charge in [-0.3, -0.25) is 14.4 Å². The molecule has 1 aliphatic rings. The standard InChI is InChI=1S/C24H32N4O4/c1-15-11-12-16(2)28(15)18-7-3-6-17(14-18)22(29)27-21(10-5-13-25)23(30)26-20-9-4-8-19(20)24(31)32/h3,6-7,11-12,14,19-21H,4-5,8-10,13,25H2,1-2H3,(H,26,30)(H,27,29)(H,31,32)/t19-,20+,21+/m1/s1. The van der Waals surface area contributed by atoms with Gasteiger partial charge in [-0.2, -0.15) is 0 Å². The molecule has 0 radical (unpaired) electrons. The summed E-state index contributed by atoms with van der Waals surface area (Å²) < 4.78 is 2.06. The average molecular weight is 441 g/mol. The van der Waals surface area contributed by atoms with Gasteiger partial charge in [-0.05, 0) is 76.4 Å². The van der Waals surface area contributed by atoms with E-state index in [-0.39, 0.29) is 11.8 Å². The van der Waals surface area contributed by atoms with Crippen LogP contribution in [0.4, 0.5) is 0 Å². The highest BCUT2D eigenvalue weighted by Gasteiger charge is 2.35. The molecule has 0 aliphatic heterocycles. The second-order valence-electron chi connectivity index (χ2n) is 8.45. The molecule has 1 aliphatic carbocycles. The Morgan fingerprint density at radius 1 is 1.16 bits per heavy atom. The number of hydrogen-bond acceptors (Lipinski definition) is 4. The van der Waals surface area contributed by atoms with Crippen LogP contribution in [0.1, 0.15) is 53.8 Å². The molecule has 1 aromatic heterocycles. The lowest BCUT2D eigenvalue weighted by atomic mass is 10.0. The number of carbonyl (C=O) groups is 3. The number of amides is 2. The number of rotatable bonds is 9. The Kier molecular flexibility index (Phi) is 7.69. The number of carboxylic acid groups (broad SMARTS) is 1. The molecule has 1 heterocycles. The highest BCUT2D eigenvalue weighted by molar-refractivity contribution is 5.98. The van der Waals surface area contributed by atoms with E-state index in [1.54, 1.807) is 12.1 Å². The number of carbonyl (C=O) groups excluding carboxylic acids is 2. The fourth-order valence-electron chi connectivity index (χ4n) is 4.41. The van der Waals surface area contributed by atoms with Crippen LogP contribution in [-0.2, 0) is 9.59 Å². The molecule has 1 saturated carbocycles. The Hall–Kier alpha value is -3.13. The first-order valence-electron chi connectivity index (χ1n) is 11.1. The molecule has 2 amide bonds. The van der Waals surface area contributed by atoms with Gasteiger partial charge in [0.25, 0.3) is 5.91 Å². The van der Waals surface area contributed by atoms with Crippen LogP contribution < -0.4 is 16.4 Å². The predicted octanol–water partition coefficient (Wildman–Crippen LogP) is 2.30. The molecular formula is C24H32N4O4. The van der Waals surface area contributed by atoms with E-state index in [1.165, 1.54) is 0 Å². The van der Waals surface area contributed by atoms with E-state index < -0.39 is 24.0 Å². The van der Waals surface area contributed by atoms with E-state index in [9.17, 15) is 19.5 Å². The van der Waals surface area contributed by atoms with Gasteiger partial charge in [-0.15, -0.1) is 0 Å². The second kappa shape index (κ2) is 10.5. The van der Waals surface area contributed by atoms with Crippen molar-refractivity contribution in [1.29, 1.82) is 0 Å². The van der Waals surface area contributed by atoms with E-state index in [0.717, 1.165) is 23.5 Å². The topological polar surface area (TPSA) is 126 Å². The minimum Gasteiger partial charge on any atom is -0.481 e. The minimum atomic E-state index is -0.900. The molecule has 3 atom stereocenters. The van der Waals surface area contributed by atoms with Gasteiger partial charge in [0.15, 0.2) is 0 Å². The van der Waals surface area contributed by atoms with E-state index in [0.29, 0.717) is 37.8 Å². The highest BCUT2D eigenvalue weighted by atomic mass is 16.4. The van der Waals surface area contributed by atoms with E-state index >= 15 is 0 Å². The lowest BCUT2D eigenvalue weighted by Gasteiger charge is -2.23. The quantitative estimate of drug-likeness (QED) is 0.476. The Morgan fingerprint density at radius 2 is 1.88 bits per heavy atom. The minimum absolute atomic E-state index is 0.354. The van der Waals surface area contributed by atoms with Gasteiger partial charge in [-0.25, -0.2) is 0 Å².